The number of amides is 1. The average molecular weight is 664 g/mol. The van der Waals surface area contributed by atoms with Gasteiger partial charge < -0.3 is 14.7 Å². The van der Waals surface area contributed by atoms with Crippen molar-refractivity contribution in [2.24, 2.45) is 0 Å². The Morgan fingerprint density at radius 3 is 2.43 bits per heavy atom. The van der Waals surface area contributed by atoms with Crippen LogP contribution < -0.4 is 15.5 Å². The van der Waals surface area contributed by atoms with E-state index in [9.17, 15) is 18.0 Å². The molecular weight excluding hydrogens is 626 g/mol. The van der Waals surface area contributed by atoms with Crippen molar-refractivity contribution in [1.29, 1.82) is 0 Å². The maximum Gasteiger partial charge on any atom is 0.355 e. The molecule has 1 fully saturated rings. The molecule has 0 radical (unpaired) electrons. The number of pyridine rings is 2. The zero-order valence-electron chi connectivity index (χ0n) is 27.0. The summed E-state index contributed by atoms with van der Waals surface area (Å²) in [5.41, 5.74) is 2.11. The van der Waals surface area contributed by atoms with Gasteiger partial charge >= 0.3 is 5.69 Å². The molecule has 0 N–H and O–H groups in total. The Bertz CT molecular complexity index is 2000. The van der Waals surface area contributed by atoms with Crippen molar-refractivity contribution in [2.75, 3.05) is 43.2 Å². The van der Waals surface area contributed by atoms with Gasteiger partial charge in [-0.15, -0.1) is 0 Å². The highest BCUT2D eigenvalue weighted by Crippen LogP contribution is 2.38. The molecule has 13 heteroatoms. The number of carbonyl (C=O) groups excluding carboxylic acids is 1. The van der Waals surface area contributed by atoms with E-state index >= 15 is 0 Å². The molecule has 1 aromatic carbocycles. The highest BCUT2D eigenvalue weighted by Gasteiger charge is 2.34. The van der Waals surface area contributed by atoms with Gasteiger partial charge in [0.2, 0.25) is 5.91 Å². The molecule has 1 amide bonds. The summed E-state index contributed by atoms with van der Waals surface area (Å²) < 4.78 is 27.1. The maximum atomic E-state index is 14.3. The molecule has 46 heavy (non-hydrogen) atoms. The second kappa shape index (κ2) is 12.5. The quantitative estimate of drug-likeness (QED) is 0.259. The van der Waals surface area contributed by atoms with E-state index in [0.717, 1.165) is 11.9 Å². The molecule has 4 aromatic rings. The Balaban J connectivity index is 1.89. The number of carbonyl (C=O) groups is 1. The molecule has 1 aliphatic heterocycles. The van der Waals surface area contributed by atoms with E-state index in [4.69, 9.17) is 16.6 Å². The maximum absolute atomic E-state index is 14.3. The van der Waals surface area contributed by atoms with E-state index in [1.807, 2.05) is 57.7 Å². The Kier molecular flexibility index (Phi) is 8.98. The first-order chi connectivity index (χ1) is 21.6. The van der Waals surface area contributed by atoms with Crippen LogP contribution in [0.1, 0.15) is 39.3 Å². The van der Waals surface area contributed by atoms with Crippen molar-refractivity contribution in [3.63, 3.8) is 0 Å². The lowest BCUT2D eigenvalue weighted by Gasteiger charge is -2.44. The molecule has 1 saturated heterocycles. The predicted molar refractivity (Wildman–Crippen MR) is 183 cm³/mol. The highest BCUT2D eigenvalue weighted by atomic mass is 35.5. The van der Waals surface area contributed by atoms with Gasteiger partial charge in [0, 0.05) is 57.3 Å². The van der Waals surface area contributed by atoms with E-state index < -0.39 is 15.5 Å². The summed E-state index contributed by atoms with van der Waals surface area (Å²) in [5, 5.41) is 0.692. The number of rotatable bonds is 7. The van der Waals surface area contributed by atoms with Crippen molar-refractivity contribution in [3.05, 3.63) is 76.5 Å². The lowest BCUT2D eigenvalue weighted by molar-refractivity contribution is -0.128. The number of fused-ring (bicyclic) bond motifs is 1. The molecule has 0 aliphatic carbocycles. The van der Waals surface area contributed by atoms with Crippen LogP contribution in [0, 0.1) is 0 Å². The Hall–Kier alpha value is -4.29. The smallest absolute Gasteiger partial charge is 0.355 e. The van der Waals surface area contributed by atoms with Crippen molar-refractivity contribution in [2.45, 2.75) is 50.6 Å². The van der Waals surface area contributed by atoms with Crippen LogP contribution >= 0.6 is 11.6 Å². The van der Waals surface area contributed by atoms with E-state index in [1.54, 1.807) is 35.4 Å². The zero-order valence-corrected chi connectivity index (χ0v) is 28.6. The van der Waals surface area contributed by atoms with Gasteiger partial charge in [-0.25, -0.2) is 22.8 Å². The van der Waals surface area contributed by atoms with Crippen molar-refractivity contribution in [1.82, 2.24) is 24.4 Å². The topological polar surface area (TPSA) is 122 Å². The number of anilines is 2. The summed E-state index contributed by atoms with van der Waals surface area (Å²) in [4.78, 5) is 46.9. The fourth-order valence-electron chi connectivity index (χ4n) is 6.02. The van der Waals surface area contributed by atoms with Gasteiger partial charge in [-0.05, 0) is 44.0 Å². The van der Waals surface area contributed by atoms with Gasteiger partial charge in [0.1, 0.15) is 5.82 Å². The second-order valence-electron chi connectivity index (χ2n) is 12.2. The Morgan fingerprint density at radius 2 is 1.80 bits per heavy atom. The first-order valence-electron chi connectivity index (χ1n) is 14.9. The fraction of sp³-hybridized carbons (Fsp3) is 0.364. The highest BCUT2D eigenvalue weighted by molar-refractivity contribution is 7.90. The number of benzene rings is 1. The minimum atomic E-state index is -3.65. The lowest BCUT2D eigenvalue weighted by atomic mass is 10.0. The number of hydrogen-bond acceptors (Lipinski definition) is 9. The lowest BCUT2D eigenvalue weighted by Crippen LogP contribution is -2.58. The monoisotopic (exact) mass is 663 g/mol. The number of aromatic nitrogens is 4. The van der Waals surface area contributed by atoms with Gasteiger partial charge in [0.05, 0.1) is 38.1 Å². The molecule has 0 saturated carbocycles. The number of sulfone groups is 1. The third-order valence-electron chi connectivity index (χ3n) is 8.24. The fourth-order valence-corrected chi connectivity index (χ4v) is 7.16. The van der Waals surface area contributed by atoms with Gasteiger partial charge in [0.25, 0.3) is 0 Å². The molecule has 0 bridgehead atoms. The van der Waals surface area contributed by atoms with Crippen molar-refractivity contribution < 1.29 is 13.2 Å². The zero-order chi connectivity index (χ0) is 33.7. The molecule has 3 aromatic heterocycles. The molecule has 0 unspecified atom stereocenters. The molecule has 4 heterocycles. The molecule has 1 aliphatic rings. The summed E-state index contributed by atoms with van der Waals surface area (Å²) in [5.74, 6) is 0.144. The first kappa shape index (κ1) is 33.1. The minimum Gasteiger partial charge on any atom is -0.376 e. The SMILES string of the molecule is C=CC(=O)N1C[C@H](C)N(c2nc(=O)n(-c3c(N(C)C)ccnc3C(C)C)c3nc(-c4ccccc4S(C)(=O)=O)c(Cl)cc23)C[C@H]1C. The van der Waals surface area contributed by atoms with Crippen LogP contribution in [0.5, 0.6) is 0 Å². The van der Waals surface area contributed by atoms with Gasteiger partial charge in [-0.2, -0.15) is 4.98 Å². The predicted octanol–water partition coefficient (Wildman–Crippen LogP) is 4.70. The normalized spacial score (nSPS) is 17.1. The Labute approximate surface area is 274 Å². The van der Waals surface area contributed by atoms with Gasteiger partial charge in [0.15, 0.2) is 15.5 Å². The van der Waals surface area contributed by atoms with Crippen LogP contribution in [0.4, 0.5) is 11.5 Å². The molecule has 2 atom stereocenters. The van der Waals surface area contributed by atoms with E-state index in [0.29, 0.717) is 41.2 Å². The van der Waals surface area contributed by atoms with Crippen LogP contribution in [-0.2, 0) is 14.6 Å². The summed E-state index contributed by atoms with van der Waals surface area (Å²) in [6.07, 6.45) is 4.14. The summed E-state index contributed by atoms with van der Waals surface area (Å²) in [6, 6.07) is 9.61. The van der Waals surface area contributed by atoms with Crippen LogP contribution in [-0.4, -0.2) is 84.3 Å². The molecular formula is C33H38ClN7O4S. The molecule has 5 rings (SSSR count). The number of piperazine rings is 1. The van der Waals surface area contributed by atoms with E-state index in [1.165, 1.54) is 16.7 Å². The van der Waals surface area contributed by atoms with Gasteiger partial charge in [-0.1, -0.05) is 50.2 Å². The summed E-state index contributed by atoms with van der Waals surface area (Å²) in [6.45, 7) is 12.3. The summed E-state index contributed by atoms with van der Waals surface area (Å²) >= 11 is 6.95. The third kappa shape index (κ3) is 5.87. The first-order valence-corrected chi connectivity index (χ1v) is 17.2. The molecule has 0 spiro atoms. The number of halogens is 1. The largest absolute Gasteiger partial charge is 0.376 e. The minimum absolute atomic E-state index is 0.0643. The van der Waals surface area contributed by atoms with Crippen LogP contribution in [0.2, 0.25) is 5.02 Å². The number of hydrogen-bond donors (Lipinski definition) is 0. The van der Waals surface area contributed by atoms with Crippen molar-refractivity contribution in [3.8, 4) is 16.9 Å². The third-order valence-corrected chi connectivity index (χ3v) is 9.69. The van der Waals surface area contributed by atoms with Crippen LogP contribution in [0.3, 0.4) is 0 Å². The second-order valence-corrected chi connectivity index (χ2v) is 14.6. The average Bonchev–Trinajstić information content (AvgIpc) is 3.00. The number of nitrogens with zero attached hydrogens (tertiary/aromatic N) is 7. The van der Waals surface area contributed by atoms with E-state index in [2.05, 4.69) is 16.5 Å². The molecule has 11 nitrogen and oxygen atoms in total. The van der Waals surface area contributed by atoms with Crippen molar-refractivity contribution >= 4 is 49.9 Å². The van der Waals surface area contributed by atoms with Gasteiger partial charge in [-0.3, -0.25) is 9.78 Å². The molecule has 242 valence electrons. The van der Waals surface area contributed by atoms with Crippen LogP contribution in [0.15, 0.2) is 64.9 Å². The Morgan fingerprint density at radius 1 is 1.11 bits per heavy atom. The standard InChI is InChI=1S/C33H38ClN7O4S/c1-9-27(42)39-17-21(5)40(18-20(39)4)31-23-16-24(34)29(22-12-10-11-13-26(22)46(8,44)45)36-32(23)41(33(43)37-31)30-25(38(6)7)14-15-35-28(30)19(2)3/h9-16,19-21H,1,17-18H2,2-8H3/t20-,21+/m1/s1. The summed E-state index contributed by atoms with van der Waals surface area (Å²) in [7, 11) is 0.101. The van der Waals surface area contributed by atoms with E-state index in [-0.39, 0.29) is 45.2 Å². The van der Waals surface area contributed by atoms with Crippen LogP contribution in [0.25, 0.3) is 28.0 Å².